The quantitative estimate of drug-likeness (QED) is 0.351. The molecule has 0 saturated carbocycles. The number of nitrogens with two attached hydrogens (primary N) is 3. The third kappa shape index (κ3) is 6.19. The van der Waals surface area contributed by atoms with Crippen molar-refractivity contribution in [2.24, 2.45) is 22.2 Å². The van der Waals surface area contributed by atoms with Crippen molar-refractivity contribution in [1.29, 1.82) is 0 Å². The molecule has 0 amide bonds. The van der Waals surface area contributed by atoms with E-state index in [0.717, 1.165) is 0 Å². The van der Waals surface area contributed by atoms with Crippen LogP contribution in [0.15, 0.2) is 4.99 Å². The van der Waals surface area contributed by atoms with Gasteiger partial charge in [0.15, 0.2) is 5.96 Å². The smallest absolute Gasteiger partial charge is 0.324 e. The van der Waals surface area contributed by atoms with E-state index in [1.165, 1.54) is 18.7 Å². The molecule has 0 aromatic rings. The van der Waals surface area contributed by atoms with Gasteiger partial charge < -0.3 is 22.3 Å². The summed E-state index contributed by atoms with van der Waals surface area (Å²) in [5, 5.41) is 8.90. The predicted molar refractivity (Wildman–Crippen MR) is 62.8 cm³/mol. The standard InChI is InChI=1S/C8H18N4O2S/c1-5(3-12-7(9)10)15-4-8(2,11)6(13)14/h5H,3-4,11H2,1-2H3,(H,13,14)(H4,9,10,12)/t5-,8-/m0/s1. The van der Waals surface area contributed by atoms with E-state index in [0.29, 0.717) is 12.3 Å². The highest BCUT2D eigenvalue weighted by atomic mass is 32.2. The lowest BCUT2D eigenvalue weighted by Crippen LogP contribution is -2.47. The van der Waals surface area contributed by atoms with E-state index in [2.05, 4.69) is 4.99 Å². The molecule has 7 heteroatoms. The van der Waals surface area contributed by atoms with Gasteiger partial charge in [0.1, 0.15) is 5.54 Å². The Morgan fingerprint density at radius 2 is 2.13 bits per heavy atom. The molecule has 0 aliphatic carbocycles. The van der Waals surface area contributed by atoms with Gasteiger partial charge in [-0.25, -0.2) is 0 Å². The lowest BCUT2D eigenvalue weighted by atomic mass is 10.1. The maximum Gasteiger partial charge on any atom is 0.324 e. The van der Waals surface area contributed by atoms with Gasteiger partial charge in [0.05, 0.1) is 6.54 Å². The summed E-state index contributed by atoms with van der Waals surface area (Å²) in [4.78, 5) is 14.5. The molecule has 0 bridgehead atoms. The lowest BCUT2D eigenvalue weighted by molar-refractivity contribution is -0.141. The van der Waals surface area contributed by atoms with Crippen LogP contribution < -0.4 is 17.2 Å². The van der Waals surface area contributed by atoms with Gasteiger partial charge in [-0.15, -0.1) is 0 Å². The Bertz CT molecular complexity index is 251. The third-order valence-electron chi connectivity index (χ3n) is 1.69. The molecule has 0 fully saturated rings. The zero-order valence-electron chi connectivity index (χ0n) is 8.93. The van der Waals surface area contributed by atoms with Crippen molar-refractivity contribution in [3.63, 3.8) is 0 Å². The van der Waals surface area contributed by atoms with Gasteiger partial charge in [-0.05, 0) is 6.92 Å². The molecule has 0 spiro atoms. The Balaban J connectivity index is 3.95. The van der Waals surface area contributed by atoms with Crippen molar-refractivity contribution < 1.29 is 9.90 Å². The van der Waals surface area contributed by atoms with E-state index in [-0.39, 0.29) is 11.2 Å². The SMILES string of the molecule is C[C@@H](CN=C(N)N)SC[C@](C)(N)C(=O)O. The van der Waals surface area contributed by atoms with Gasteiger partial charge in [-0.3, -0.25) is 9.79 Å². The third-order valence-corrected chi connectivity index (χ3v) is 3.17. The zero-order chi connectivity index (χ0) is 12.1. The first-order valence-electron chi connectivity index (χ1n) is 4.45. The molecular formula is C8H18N4O2S. The monoisotopic (exact) mass is 234 g/mol. The van der Waals surface area contributed by atoms with E-state index in [4.69, 9.17) is 22.3 Å². The van der Waals surface area contributed by atoms with Crippen molar-refractivity contribution in [3.05, 3.63) is 0 Å². The minimum absolute atomic E-state index is 0.0381. The number of hydrogen-bond donors (Lipinski definition) is 4. The van der Waals surface area contributed by atoms with Crippen LogP contribution in [0.4, 0.5) is 0 Å². The molecule has 6 nitrogen and oxygen atoms in total. The van der Waals surface area contributed by atoms with E-state index < -0.39 is 11.5 Å². The second-order valence-electron chi connectivity index (χ2n) is 3.61. The first-order valence-corrected chi connectivity index (χ1v) is 5.50. The van der Waals surface area contributed by atoms with Gasteiger partial charge in [-0.1, -0.05) is 6.92 Å². The Morgan fingerprint density at radius 3 is 2.53 bits per heavy atom. The number of guanidine groups is 1. The maximum atomic E-state index is 10.7. The summed E-state index contributed by atoms with van der Waals surface area (Å²) in [6, 6.07) is 0. The van der Waals surface area contributed by atoms with Gasteiger partial charge in [0.2, 0.25) is 0 Å². The number of carboxylic acids is 1. The van der Waals surface area contributed by atoms with Crippen molar-refractivity contribution in [1.82, 2.24) is 0 Å². The molecule has 0 aromatic heterocycles. The van der Waals surface area contributed by atoms with Gasteiger partial charge >= 0.3 is 5.97 Å². The molecule has 0 heterocycles. The fourth-order valence-electron chi connectivity index (χ4n) is 0.664. The summed E-state index contributed by atoms with van der Waals surface area (Å²) < 4.78 is 0. The molecule has 0 aliphatic rings. The molecule has 7 N–H and O–H groups in total. The highest BCUT2D eigenvalue weighted by Crippen LogP contribution is 2.16. The highest BCUT2D eigenvalue weighted by molar-refractivity contribution is 8.00. The second-order valence-corrected chi connectivity index (χ2v) is 5.04. The van der Waals surface area contributed by atoms with Crippen LogP contribution in [-0.4, -0.2) is 40.1 Å². The Kier molecular flexibility index (Phi) is 5.45. The summed E-state index contributed by atoms with van der Waals surface area (Å²) in [7, 11) is 0. The number of nitrogens with zero attached hydrogens (tertiary/aromatic N) is 1. The molecular weight excluding hydrogens is 216 g/mol. The maximum absolute atomic E-state index is 10.7. The minimum atomic E-state index is -1.21. The number of thioether (sulfide) groups is 1. The topological polar surface area (TPSA) is 128 Å². The largest absolute Gasteiger partial charge is 0.480 e. The van der Waals surface area contributed by atoms with Crippen molar-refractivity contribution in [2.75, 3.05) is 12.3 Å². The average Bonchev–Trinajstić information content (AvgIpc) is 2.11. The minimum Gasteiger partial charge on any atom is -0.480 e. The number of carbonyl (C=O) groups is 1. The molecule has 0 aromatic carbocycles. The summed E-state index contributed by atoms with van der Waals surface area (Å²) in [6.07, 6.45) is 0. The molecule has 0 aliphatic heterocycles. The summed E-state index contributed by atoms with van der Waals surface area (Å²) in [6.45, 7) is 3.85. The van der Waals surface area contributed by atoms with Crippen LogP contribution in [0.3, 0.4) is 0 Å². The van der Waals surface area contributed by atoms with Crippen LogP contribution in [0.25, 0.3) is 0 Å². The molecule has 88 valence electrons. The fourth-order valence-corrected chi connectivity index (χ4v) is 1.60. The highest BCUT2D eigenvalue weighted by Gasteiger charge is 2.28. The van der Waals surface area contributed by atoms with Crippen molar-refractivity contribution in [3.8, 4) is 0 Å². The Hall–Kier alpha value is -0.950. The van der Waals surface area contributed by atoms with Crippen LogP contribution in [-0.2, 0) is 4.79 Å². The summed E-state index contributed by atoms with van der Waals surface area (Å²) >= 11 is 1.43. The Labute approximate surface area is 93.3 Å². The lowest BCUT2D eigenvalue weighted by Gasteiger charge is -2.20. The first-order chi connectivity index (χ1) is 6.75. The van der Waals surface area contributed by atoms with E-state index in [9.17, 15) is 4.79 Å². The first kappa shape index (κ1) is 14.1. The van der Waals surface area contributed by atoms with Crippen molar-refractivity contribution >= 4 is 23.7 Å². The number of rotatable bonds is 6. The van der Waals surface area contributed by atoms with Gasteiger partial charge in [0.25, 0.3) is 0 Å². The number of aliphatic carboxylic acids is 1. The van der Waals surface area contributed by atoms with Gasteiger partial charge in [0, 0.05) is 11.0 Å². The molecule has 15 heavy (non-hydrogen) atoms. The predicted octanol–water partition coefficient (Wildman–Crippen LogP) is -0.816. The van der Waals surface area contributed by atoms with Crippen LogP contribution in [0.2, 0.25) is 0 Å². The average molecular weight is 234 g/mol. The fraction of sp³-hybridized carbons (Fsp3) is 0.750. The van der Waals surface area contributed by atoms with E-state index in [1.54, 1.807) is 0 Å². The molecule has 0 radical (unpaired) electrons. The van der Waals surface area contributed by atoms with E-state index in [1.807, 2.05) is 6.92 Å². The van der Waals surface area contributed by atoms with Crippen molar-refractivity contribution in [2.45, 2.75) is 24.6 Å². The van der Waals surface area contributed by atoms with E-state index >= 15 is 0 Å². The Morgan fingerprint density at radius 1 is 1.60 bits per heavy atom. The number of aliphatic imine (C=N–C) groups is 1. The zero-order valence-corrected chi connectivity index (χ0v) is 9.75. The van der Waals surface area contributed by atoms with Crippen LogP contribution >= 0.6 is 11.8 Å². The molecule has 0 saturated heterocycles. The molecule has 0 unspecified atom stereocenters. The summed E-state index contributed by atoms with van der Waals surface area (Å²) in [5.41, 5.74) is 14.7. The van der Waals surface area contributed by atoms with Gasteiger partial charge in [-0.2, -0.15) is 11.8 Å². The summed E-state index contributed by atoms with van der Waals surface area (Å²) in [5.74, 6) is -0.649. The number of carboxylic acid groups (broad SMARTS) is 1. The number of hydrogen-bond acceptors (Lipinski definition) is 4. The normalized spacial score (nSPS) is 16.5. The molecule has 2 atom stereocenters. The molecule has 0 rings (SSSR count). The second kappa shape index (κ2) is 5.82. The van der Waals surface area contributed by atoms with Crippen LogP contribution in [0.5, 0.6) is 0 Å². The van der Waals surface area contributed by atoms with Crippen LogP contribution in [0.1, 0.15) is 13.8 Å². The van der Waals surface area contributed by atoms with Crippen LogP contribution in [0, 0.1) is 0 Å².